The molecular weight excluding hydrogens is 410 g/mol. The lowest BCUT2D eigenvalue weighted by Crippen LogP contribution is -2.60. The van der Waals surface area contributed by atoms with Gasteiger partial charge in [-0.15, -0.1) is 0 Å². The van der Waals surface area contributed by atoms with Crippen LogP contribution in [-0.4, -0.2) is 90.7 Å². The van der Waals surface area contributed by atoms with Crippen LogP contribution in [0.15, 0.2) is 18.2 Å². The van der Waals surface area contributed by atoms with Crippen LogP contribution >= 0.6 is 11.6 Å². The Kier molecular flexibility index (Phi) is 7.28. The summed E-state index contributed by atoms with van der Waals surface area (Å²) in [5.41, 5.74) is 1.44. The summed E-state index contributed by atoms with van der Waals surface area (Å²) >= 11 is 6.09. The molecule has 2 fully saturated rings. The zero-order valence-electron chi connectivity index (χ0n) is 16.9. The lowest BCUT2D eigenvalue weighted by Gasteiger charge is -2.37. The van der Waals surface area contributed by atoms with Gasteiger partial charge < -0.3 is 20.4 Å². The van der Waals surface area contributed by atoms with Crippen molar-refractivity contribution in [2.75, 3.05) is 51.1 Å². The number of aryl methyl sites for hydroxylation is 1. The molecule has 10 heteroatoms. The Bertz CT molecular complexity index is 825. The minimum atomic E-state index is -0.858. The molecule has 0 saturated carbocycles. The first-order chi connectivity index (χ1) is 14.4. The van der Waals surface area contributed by atoms with Crippen LogP contribution in [0.4, 0.5) is 5.69 Å². The van der Waals surface area contributed by atoms with E-state index in [1.54, 1.807) is 23.1 Å². The molecule has 0 bridgehead atoms. The molecule has 1 aromatic carbocycles. The van der Waals surface area contributed by atoms with Gasteiger partial charge in [0.2, 0.25) is 24.1 Å². The number of hydrogen-bond donors (Lipinski definition) is 2. The molecule has 2 saturated heterocycles. The van der Waals surface area contributed by atoms with Crippen LogP contribution in [0.3, 0.4) is 0 Å². The molecule has 2 heterocycles. The lowest BCUT2D eigenvalue weighted by molar-refractivity contribution is -0.145. The van der Waals surface area contributed by atoms with Crippen LogP contribution in [0.1, 0.15) is 12.0 Å². The van der Waals surface area contributed by atoms with Gasteiger partial charge in [0.15, 0.2) is 0 Å². The van der Waals surface area contributed by atoms with E-state index < -0.39 is 6.04 Å². The number of piperazine rings is 2. The maximum Gasteiger partial charge on any atom is 0.243 e. The van der Waals surface area contributed by atoms with Crippen molar-refractivity contribution in [3.8, 4) is 0 Å². The van der Waals surface area contributed by atoms with Crippen molar-refractivity contribution in [3.63, 3.8) is 0 Å². The minimum Gasteiger partial charge on any atom is -0.353 e. The summed E-state index contributed by atoms with van der Waals surface area (Å²) in [6, 6.07) is 4.33. The third kappa shape index (κ3) is 5.48. The van der Waals surface area contributed by atoms with Crippen molar-refractivity contribution in [1.82, 2.24) is 20.0 Å². The van der Waals surface area contributed by atoms with Crippen molar-refractivity contribution in [3.05, 3.63) is 28.8 Å². The van der Waals surface area contributed by atoms with Gasteiger partial charge >= 0.3 is 0 Å². The molecule has 30 heavy (non-hydrogen) atoms. The van der Waals surface area contributed by atoms with Crippen molar-refractivity contribution < 1.29 is 19.2 Å². The van der Waals surface area contributed by atoms with Gasteiger partial charge in [-0.3, -0.25) is 24.1 Å². The number of hydrogen-bond acceptors (Lipinski definition) is 5. The zero-order valence-corrected chi connectivity index (χ0v) is 17.7. The van der Waals surface area contributed by atoms with Gasteiger partial charge in [-0.25, -0.2) is 0 Å². The molecule has 0 spiro atoms. The van der Waals surface area contributed by atoms with Crippen LogP contribution in [-0.2, 0) is 19.2 Å². The summed E-state index contributed by atoms with van der Waals surface area (Å²) in [6.07, 6.45) is 0.673. The van der Waals surface area contributed by atoms with Gasteiger partial charge in [0.05, 0.1) is 13.0 Å². The number of anilines is 1. The van der Waals surface area contributed by atoms with Gasteiger partial charge in [0.1, 0.15) is 6.04 Å². The smallest absolute Gasteiger partial charge is 0.243 e. The van der Waals surface area contributed by atoms with Gasteiger partial charge in [0.25, 0.3) is 0 Å². The fourth-order valence-corrected chi connectivity index (χ4v) is 3.76. The second-order valence-corrected chi connectivity index (χ2v) is 7.93. The van der Waals surface area contributed by atoms with Crippen LogP contribution in [0.25, 0.3) is 0 Å². The van der Waals surface area contributed by atoms with Crippen LogP contribution < -0.4 is 10.6 Å². The normalized spacial score (nSPS) is 19.9. The molecule has 0 aliphatic carbocycles. The average molecular weight is 436 g/mol. The zero-order chi connectivity index (χ0) is 21.7. The number of carbonyl (C=O) groups excluding carboxylic acids is 4. The van der Waals surface area contributed by atoms with E-state index in [1.807, 2.05) is 11.8 Å². The maximum atomic E-state index is 12.9. The number of nitrogens with zero attached hydrogens (tertiary/aromatic N) is 3. The number of amides is 4. The van der Waals surface area contributed by atoms with E-state index >= 15 is 0 Å². The Morgan fingerprint density at radius 2 is 1.97 bits per heavy atom. The molecule has 0 aromatic heterocycles. The monoisotopic (exact) mass is 435 g/mol. The predicted octanol–water partition coefficient (Wildman–Crippen LogP) is 0.0780. The molecule has 4 amide bonds. The molecule has 1 aromatic rings. The van der Waals surface area contributed by atoms with Crippen LogP contribution in [0.5, 0.6) is 0 Å². The van der Waals surface area contributed by atoms with E-state index in [1.165, 1.54) is 4.90 Å². The summed E-state index contributed by atoms with van der Waals surface area (Å²) in [7, 11) is 0. The van der Waals surface area contributed by atoms with E-state index in [-0.39, 0.29) is 30.7 Å². The van der Waals surface area contributed by atoms with E-state index in [9.17, 15) is 19.2 Å². The second-order valence-electron chi connectivity index (χ2n) is 7.53. The Labute approximate surface area is 180 Å². The summed E-state index contributed by atoms with van der Waals surface area (Å²) in [4.78, 5) is 53.7. The van der Waals surface area contributed by atoms with Crippen molar-refractivity contribution >= 4 is 41.4 Å². The highest BCUT2D eigenvalue weighted by Gasteiger charge is 2.35. The molecular formula is C20H26ClN5O4. The van der Waals surface area contributed by atoms with Crippen molar-refractivity contribution in [1.29, 1.82) is 0 Å². The Balaban J connectivity index is 1.60. The largest absolute Gasteiger partial charge is 0.353 e. The number of benzene rings is 1. The van der Waals surface area contributed by atoms with Gasteiger partial charge in [-0.2, -0.15) is 0 Å². The maximum absolute atomic E-state index is 12.9. The summed E-state index contributed by atoms with van der Waals surface area (Å²) < 4.78 is 0. The Hall–Kier alpha value is -2.65. The van der Waals surface area contributed by atoms with Crippen LogP contribution in [0.2, 0.25) is 5.02 Å². The third-order valence-electron chi connectivity index (χ3n) is 5.40. The molecule has 2 aliphatic heterocycles. The highest BCUT2D eigenvalue weighted by Crippen LogP contribution is 2.20. The number of rotatable bonds is 6. The van der Waals surface area contributed by atoms with Crippen LogP contribution in [0, 0.1) is 6.92 Å². The predicted molar refractivity (Wildman–Crippen MR) is 112 cm³/mol. The topological polar surface area (TPSA) is 102 Å². The standard InChI is InChI=1S/C20H26ClN5O4/c1-14-2-3-15(10-16(14)21)23-18(28)11-17-20(30)22-4-5-26(17)19(29)12-24-6-8-25(13-27)9-7-24/h2-3,10,13,17H,4-9,11-12H2,1H3,(H,22,30)(H,23,28)/t17-/m1/s1. The first-order valence-corrected chi connectivity index (χ1v) is 10.3. The second kappa shape index (κ2) is 9.90. The quantitative estimate of drug-likeness (QED) is 0.616. The highest BCUT2D eigenvalue weighted by molar-refractivity contribution is 6.31. The number of halogens is 1. The van der Waals surface area contributed by atoms with Gasteiger partial charge in [-0.05, 0) is 24.6 Å². The molecule has 0 unspecified atom stereocenters. The average Bonchev–Trinajstić information content (AvgIpc) is 2.72. The van der Waals surface area contributed by atoms with Crippen molar-refractivity contribution in [2.45, 2.75) is 19.4 Å². The molecule has 9 nitrogen and oxygen atoms in total. The first kappa shape index (κ1) is 22.0. The molecule has 0 radical (unpaired) electrons. The fraction of sp³-hybridized carbons (Fsp3) is 0.500. The SMILES string of the molecule is Cc1ccc(NC(=O)C[C@@H]2C(=O)NCCN2C(=O)CN2CCN(C=O)CC2)cc1Cl. The number of nitrogens with one attached hydrogen (secondary N) is 2. The lowest BCUT2D eigenvalue weighted by atomic mass is 10.1. The minimum absolute atomic E-state index is 0.137. The Morgan fingerprint density at radius 1 is 1.23 bits per heavy atom. The molecule has 2 N–H and O–H groups in total. The summed E-state index contributed by atoms with van der Waals surface area (Å²) in [5, 5.41) is 6.00. The summed E-state index contributed by atoms with van der Waals surface area (Å²) in [6.45, 7) is 5.08. The van der Waals surface area contributed by atoms with Gasteiger partial charge in [0, 0.05) is 50.0 Å². The molecule has 162 valence electrons. The third-order valence-corrected chi connectivity index (χ3v) is 5.81. The number of carbonyl (C=O) groups is 4. The molecule has 2 aliphatic rings. The van der Waals surface area contributed by atoms with Crippen molar-refractivity contribution in [2.24, 2.45) is 0 Å². The highest BCUT2D eigenvalue weighted by atomic mass is 35.5. The van der Waals surface area contributed by atoms with E-state index in [4.69, 9.17) is 11.6 Å². The van der Waals surface area contributed by atoms with E-state index in [2.05, 4.69) is 10.6 Å². The molecule has 1 atom stereocenters. The molecule has 3 rings (SSSR count). The summed E-state index contributed by atoms with van der Waals surface area (Å²) in [5.74, 6) is -0.896. The first-order valence-electron chi connectivity index (χ1n) is 9.92. The fourth-order valence-electron chi connectivity index (χ4n) is 3.58. The van der Waals surface area contributed by atoms with E-state index in [0.29, 0.717) is 50.0 Å². The van der Waals surface area contributed by atoms with Gasteiger partial charge in [-0.1, -0.05) is 17.7 Å². The van der Waals surface area contributed by atoms with E-state index in [0.717, 1.165) is 12.0 Å². The Morgan fingerprint density at radius 3 is 2.63 bits per heavy atom.